The van der Waals surface area contributed by atoms with Gasteiger partial charge in [0.2, 0.25) is 0 Å². The van der Waals surface area contributed by atoms with Crippen LogP contribution in [0.25, 0.3) is 0 Å². The van der Waals surface area contributed by atoms with Gasteiger partial charge in [0.15, 0.2) is 0 Å². The molecule has 90 valence electrons. The van der Waals surface area contributed by atoms with Gasteiger partial charge in [0.1, 0.15) is 0 Å². The first-order valence-corrected chi connectivity index (χ1v) is 6.83. The summed E-state index contributed by atoms with van der Waals surface area (Å²) in [6.45, 7) is 2.09. The molecule has 1 unspecified atom stereocenters. The lowest BCUT2D eigenvalue weighted by molar-refractivity contribution is 0.162. The maximum absolute atomic E-state index is 10.2. The lowest BCUT2D eigenvalue weighted by Crippen LogP contribution is -2.05. The first-order valence-electron chi connectivity index (χ1n) is 5.95. The Bertz CT molecular complexity index is 453. The minimum absolute atomic E-state index is 0.451. The van der Waals surface area contributed by atoms with Gasteiger partial charge < -0.3 is 5.11 Å². The fourth-order valence-electron chi connectivity index (χ4n) is 1.92. The lowest BCUT2D eigenvalue weighted by atomic mass is 10.0. The molecule has 3 heteroatoms. The van der Waals surface area contributed by atoms with Crippen LogP contribution in [0.3, 0.4) is 0 Å². The summed E-state index contributed by atoms with van der Waals surface area (Å²) in [6.07, 6.45) is 3.87. The van der Waals surface area contributed by atoms with Gasteiger partial charge in [-0.05, 0) is 42.3 Å². The zero-order valence-electron chi connectivity index (χ0n) is 9.97. The van der Waals surface area contributed by atoms with Crippen LogP contribution in [0.2, 0.25) is 0 Å². The van der Waals surface area contributed by atoms with E-state index >= 15 is 0 Å². The molecule has 0 radical (unpaired) electrons. The highest BCUT2D eigenvalue weighted by atomic mass is 32.1. The van der Waals surface area contributed by atoms with Crippen LogP contribution in [0.4, 0.5) is 0 Å². The number of aryl methyl sites for hydroxylation is 2. The van der Waals surface area contributed by atoms with Crippen molar-refractivity contribution >= 4 is 11.3 Å². The second-order valence-electron chi connectivity index (χ2n) is 4.04. The maximum Gasteiger partial charge on any atom is 0.0966 e. The number of rotatable bonds is 5. The minimum atomic E-state index is -0.451. The number of thiophene rings is 1. The molecule has 0 fully saturated rings. The first kappa shape index (κ1) is 12.3. The summed E-state index contributed by atoms with van der Waals surface area (Å²) in [6, 6.07) is 8.12. The molecule has 0 saturated carbocycles. The summed E-state index contributed by atoms with van der Waals surface area (Å²) >= 11 is 1.74. The number of hydrogen-bond donors (Lipinski definition) is 1. The van der Waals surface area contributed by atoms with E-state index in [1.807, 2.05) is 18.2 Å². The Kier molecular flexibility index (Phi) is 4.29. The number of aromatic nitrogens is 1. The van der Waals surface area contributed by atoms with Crippen LogP contribution < -0.4 is 0 Å². The van der Waals surface area contributed by atoms with Crippen molar-refractivity contribution in [3.63, 3.8) is 0 Å². The predicted octanol–water partition coefficient (Wildman–Crippen LogP) is 3.37. The predicted molar refractivity (Wildman–Crippen MR) is 71.2 cm³/mol. The average Bonchev–Trinajstić information content (AvgIpc) is 2.89. The number of pyridine rings is 1. The van der Waals surface area contributed by atoms with Crippen molar-refractivity contribution in [3.8, 4) is 0 Å². The zero-order chi connectivity index (χ0) is 12.1. The molecule has 0 amide bonds. The number of nitrogens with zero attached hydrogens (tertiary/aromatic N) is 1. The normalized spacial score (nSPS) is 12.6. The van der Waals surface area contributed by atoms with Crippen molar-refractivity contribution in [2.45, 2.75) is 32.3 Å². The quantitative estimate of drug-likeness (QED) is 0.878. The second-order valence-corrected chi connectivity index (χ2v) is 5.07. The summed E-state index contributed by atoms with van der Waals surface area (Å²) in [5.74, 6) is 0. The fourth-order valence-corrected chi connectivity index (χ4v) is 2.65. The highest BCUT2D eigenvalue weighted by Gasteiger charge is 2.12. The fraction of sp³-hybridized carbons (Fsp3) is 0.357. The van der Waals surface area contributed by atoms with E-state index in [2.05, 4.69) is 23.4 Å². The van der Waals surface area contributed by atoms with E-state index in [4.69, 9.17) is 0 Å². The van der Waals surface area contributed by atoms with E-state index in [9.17, 15) is 5.11 Å². The van der Waals surface area contributed by atoms with Gasteiger partial charge in [-0.1, -0.05) is 19.1 Å². The van der Waals surface area contributed by atoms with Gasteiger partial charge in [-0.3, -0.25) is 4.98 Å². The monoisotopic (exact) mass is 247 g/mol. The Labute approximate surface area is 106 Å². The molecule has 0 aliphatic heterocycles. The highest BCUT2D eigenvalue weighted by Crippen LogP contribution is 2.22. The molecule has 0 aliphatic carbocycles. The van der Waals surface area contributed by atoms with Crippen LogP contribution in [0.5, 0.6) is 0 Å². The number of aliphatic hydroxyl groups excluding tert-OH is 1. The largest absolute Gasteiger partial charge is 0.387 e. The van der Waals surface area contributed by atoms with E-state index in [1.165, 1.54) is 4.88 Å². The molecule has 17 heavy (non-hydrogen) atoms. The molecule has 2 nitrogen and oxygen atoms in total. The van der Waals surface area contributed by atoms with Crippen LogP contribution in [0.1, 0.15) is 35.6 Å². The second kappa shape index (κ2) is 5.94. The molecule has 2 aromatic heterocycles. The van der Waals surface area contributed by atoms with E-state index < -0.39 is 6.10 Å². The minimum Gasteiger partial charge on any atom is -0.387 e. The molecule has 0 saturated heterocycles. The molecule has 1 atom stereocenters. The summed E-state index contributed by atoms with van der Waals surface area (Å²) in [7, 11) is 0. The lowest BCUT2D eigenvalue weighted by Gasteiger charge is -2.12. The average molecular weight is 247 g/mol. The molecule has 1 N–H and O–H groups in total. The van der Waals surface area contributed by atoms with Crippen LogP contribution >= 0.6 is 11.3 Å². The third kappa shape index (κ3) is 3.14. The van der Waals surface area contributed by atoms with Gasteiger partial charge in [-0.15, -0.1) is 11.3 Å². The molecule has 0 aromatic carbocycles. The van der Waals surface area contributed by atoms with Gasteiger partial charge >= 0.3 is 0 Å². The summed E-state index contributed by atoms with van der Waals surface area (Å²) in [5, 5.41) is 12.2. The van der Waals surface area contributed by atoms with Crippen LogP contribution in [-0.2, 0) is 12.8 Å². The topological polar surface area (TPSA) is 33.1 Å². The van der Waals surface area contributed by atoms with Gasteiger partial charge in [0.25, 0.3) is 0 Å². The van der Waals surface area contributed by atoms with E-state index in [0.717, 1.165) is 30.5 Å². The van der Waals surface area contributed by atoms with Crippen molar-refractivity contribution in [1.29, 1.82) is 0 Å². The van der Waals surface area contributed by atoms with Crippen molar-refractivity contribution in [2.75, 3.05) is 0 Å². The molecule has 2 aromatic rings. The Morgan fingerprint density at radius 3 is 2.94 bits per heavy atom. The van der Waals surface area contributed by atoms with Crippen LogP contribution in [0, 0.1) is 0 Å². The zero-order valence-corrected chi connectivity index (χ0v) is 10.8. The van der Waals surface area contributed by atoms with E-state index in [1.54, 1.807) is 17.5 Å². The van der Waals surface area contributed by atoms with E-state index in [-0.39, 0.29) is 0 Å². The van der Waals surface area contributed by atoms with Gasteiger partial charge in [-0.2, -0.15) is 0 Å². The highest BCUT2D eigenvalue weighted by molar-refractivity contribution is 7.09. The number of hydrogen-bond acceptors (Lipinski definition) is 3. The van der Waals surface area contributed by atoms with Crippen molar-refractivity contribution in [3.05, 3.63) is 52.0 Å². The van der Waals surface area contributed by atoms with Gasteiger partial charge in [-0.25, -0.2) is 0 Å². The Morgan fingerprint density at radius 1 is 1.35 bits per heavy atom. The Hall–Kier alpha value is -1.19. The molecular formula is C14H17NOS. The third-order valence-electron chi connectivity index (χ3n) is 2.87. The molecule has 2 heterocycles. The van der Waals surface area contributed by atoms with Crippen molar-refractivity contribution < 1.29 is 5.11 Å². The van der Waals surface area contributed by atoms with E-state index in [0.29, 0.717) is 0 Å². The first-order chi connectivity index (χ1) is 8.31. The molecule has 0 bridgehead atoms. The smallest absolute Gasteiger partial charge is 0.0966 e. The molecule has 0 spiro atoms. The van der Waals surface area contributed by atoms with Crippen LogP contribution in [0.15, 0.2) is 35.8 Å². The third-order valence-corrected chi connectivity index (χ3v) is 3.80. The van der Waals surface area contributed by atoms with Gasteiger partial charge in [0, 0.05) is 11.1 Å². The van der Waals surface area contributed by atoms with Crippen molar-refractivity contribution in [1.82, 2.24) is 4.98 Å². The Balaban J connectivity index is 2.01. The molecule has 0 aliphatic rings. The van der Waals surface area contributed by atoms with Gasteiger partial charge in [0.05, 0.1) is 11.8 Å². The number of aliphatic hydroxyl groups is 1. The maximum atomic E-state index is 10.2. The standard InChI is InChI=1S/C14H17NOS/c1-2-11-5-3-9-15-14(11)13(16)8-7-12-6-4-10-17-12/h3-6,9-10,13,16H,2,7-8H2,1H3. The Morgan fingerprint density at radius 2 is 2.24 bits per heavy atom. The van der Waals surface area contributed by atoms with Crippen LogP contribution in [-0.4, -0.2) is 10.1 Å². The molecular weight excluding hydrogens is 230 g/mol. The SMILES string of the molecule is CCc1cccnc1C(O)CCc1cccs1. The summed E-state index contributed by atoms with van der Waals surface area (Å²) < 4.78 is 0. The van der Waals surface area contributed by atoms with Crippen molar-refractivity contribution in [2.24, 2.45) is 0 Å². The summed E-state index contributed by atoms with van der Waals surface area (Å²) in [5.41, 5.74) is 1.98. The summed E-state index contributed by atoms with van der Waals surface area (Å²) in [4.78, 5) is 5.62. The molecule has 2 rings (SSSR count).